The number of halogens is 3. The zero-order chi connectivity index (χ0) is 16.4. The van der Waals surface area contributed by atoms with Gasteiger partial charge in [0.1, 0.15) is 6.61 Å². The average Bonchev–Trinajstić information content (AvgIpc) is 2.36. The zero-order valence-electron chi connectivity index (χ0n) is 12.4. The SMILES string of the molecule is CC(=O)OCC1O[C@@H](OC(=N)C(Cl)(Cl)Cl)C(C)[C@@H](C)[C@H]1C. The van der Waals surface area contributed by atoms with Crippen LogP contribution in [0.2, 0.25) is 0 Å². The number of alkyl halides is 3. The molecular weight excluding hydrogens is 341 g/mol. The fourth-order valence-corrected chi connectivity index (χ4v) is 2.33. The van der Waals surface area contributed by atoms with E-state index in [0.29, 0.717) is 0 Å². The van der Waals surface area contributed by atoms with Crippen molar-refractivity contribution in [1.82, 2.24) is 0 Å². The molecule has 1 saturated heterocycles. The summed E-state index contributed by atoms with van der Waals surface area (Å²) in [6.45, 7) is 7.49. The minimum Gasteiger partial charge on any atom is -0.463 e. The van der Waals surface area contributed by atoms with Gasteiger partial charge < -0.3 is 14.2 Å². The molecule has 0 spiro atoms. The Kier molecular flexibility index (Phi) is 6.59. The van der Waals surface area contributed by atoms with E-state index in [1.807, 2.05) is 20.8 Å². The van der Waals surface area contributed by atoms with Gasteiger partial charge in [-0.05, 0) is 11.8 Å². The highest BCUT2D eigenvalue weighted by atomic mass is 35.6. The summed E-state index contributed by atoms with van der Waals surface area (Å²) in [5, 5.41) is 7.64. The van der Waals surface area contributed by atoms with E-state index in [1.165, 1.54) is 6.92 Å². The lowest BCUT2D eigenvalue weighted by Crippen LogP contribution is -2.49. The van der Waals surface area contributed by atoms with E-state index in [2.05, 4.69) is 0 Å². The highest BCUT2D eigenvalue weighted by molar-refractivity contribution is 6.76. The van der Waals surface area contributed by atoms with E-state index >= 15 is 0 Å². The summed E-state index contributed by atoms with van der Waals surface area (Å²) in [5.74, 6) is -0.462. The molecule has 1 aliphatic heterocycles. The molecule has 1 fully saturated rings. The van der Waals surface area contributed by atoms with Crippen LogP contribution in [0.5, 0.6) is 0 Å². The van der Waals surface area contributed by atoms with Crippen molar-refractivity contribution in [2.45, 2.75) is 43.9 Å². The van der Waals surface area contributed by atoms with Crippen molar-refractivity contribution in [3.05, 3.63) is 0 Å². The van der Waals surface area contributed by atoms with E-state index < -0.39 is 16.0 Å². The lowest BCUT2D eigenvalue weighted by atomic mass is 9.79. The third kappa shape index (κ3) is 5.16. The van der Waals surface area contributed by atoms with Gasteiger partial charge in [-0.2, -0.15) is 0 Å². The number of esters is 1. The van der Waals surface area contributed by atoms with E-state index in [9.17, 15) is 4.79 Å². The molecule has 1 N–H and O–H groups in total. The van der Waals surface area contributed by atoms with Crippen molar-refractivity contribution < 1.29 is 19.0 Å². The number of carbonyl (C=O) groups excluding carboxylic acids is 1. The highest BCUT2D eigenvalue weighted by Gasteiger charge is 2.42. The summed E-state index contributed by atoms with van der Waals surface area (Å²) in [4.78, 5) is 10.9. The Morgan fingerprint density at radius 2 is 1.76 bits per heavy atom. The number of nitrogens with one attached hydrogen (secondary N) is 1. The van der Waals surface area contributed by atoms with Gasteiger partial charge in [-0.25, -0.2) is 0 Å². The molecule has 0 aliphatic carbocycles. The molecule has 1 rings (SSSR count). The van der Waals surface area contributed by atoms with Crippen molar-refractivity contribution in [2.75, 3.05) is 6.61 Å². The largest absolute Gasteiger partial charge is 0.463 e. The van der Waals surface area contributed by atoms with Gasteiger partial charge in [-0.3, -0.25) is 10.2 Å². The predicted octanol–water partition coefficient (Wildman–Crippen LogP) is 3.55. The quantitative estimate of drug-likeness (QED) is 0.362. The third-order valence-corrected chi connectivity index (χ3v) is 4.44. The summed E-state index contributed by atoms with van der Waals surface area (Å²) >= 11 is 16.8. The molecule has 0 saturated carbocycles. The molecule has 0 aromatic carbocycles. The van der Waals surface area contributed by atoms with Gasteiger partial charge in [0.05, 0.1) is 6.10 Å². The summed E-state index contributed by atoms with van der Waals surface area (Å²) in [6, 6.07) is 0. The maximum atomic E-state index is 10.9. The van der Waals surface area contributed by atoms with Crippen LogP contribution >= 0.6 is 34.8 Å². The minimum absolute atomic E-state index is 0.00118. The molecule has 5 atom stereocenters. The number of hydrogen-bond donors (Lipinski definition) is 1. The second-order valence-electron chi connectivity index (χ2n) is 5.37. The van der Waals surface area contributed by atoms with Gasteiger partial charge in [0.2, 0.25) is 12.2 Å². The van der Waals surface area contributed by atoms with Gasteiger partial charge in [-0.15, -0.1) is 0 Å². The average molecular weight is 361 g/mol. The van der Waals surface area contributed by atoms with Crippen molar-refractivity contribution in [3.63, 3.8) is 0 Å². The fourth-order valence-electron chi connectivity index (χ4n) is 2.19. The Hall–Kier alpha value is -0.230. The van der Waals surface area contributed by atoms with Crippen molar-refractivity contribution >= 4 is 46.7 Å². The molecule has 1 aliphatic rings. The molecule has 2 unspecified atom stereocenters. The van der Waals surface area contributed by atoms with Gasteiger partial charge in [-0.1, -0.05) is 55.6 Å². The Morgan fingerprint density at radius 1 is 1.19 bits per heavy atom. The fraction of sp³-hybridized carbons (Fsp3) is 0.846. The molecule has 0 bridgehead atoms. The first kappa shape index (κ1) is 18.8. The third-order valence-electron chi connectivity index (χ3n) is 3.93. The number of ether oxygens (including phenoxy) is 3. The maximum Gasteiger partial charge on any atom is 0.302 e. The minimum atomic E-state index is -1.93. The number of carbonyl (C=O) groups is 1. The monoisotopic (exact) mass is 359 g/mol. The van der Waals surface area contributed by atoms with Crippen molar-refractivity contribution in [1.29, 1.82) is 5.41 Å². The predicted molar refractivity (Wildman–Crippen MR) is 81.9 cm³/mol. The topological polar surface area (TPSA) is 68.6 Å². The van der Waals surface area contributed by atoms with Gasteiger partial charge in [0.15, 0.2) is 0 Å². The summed E-state index contributed by atoms with van der Waals surface area (Å²) in [5.41, 5.74) is 0. The Morgan fingerprint density at radius 3 is 2.24 bits per heavy atom. The summed E-state index contributed by atoms with van der Waals surface area (Å²) < 4.78 is 14.2. The van der Waals surface area contributed by atoms with Crippen LogP contribution in [0.4, 0.5) is 0 Å². The van der Waals surface area contributed by atoms with Crippen LogP contribution in [0.1, 0.15) is 27.7 Å². The molecule has 5 nitrogen and oxygen atoms in total. The molecule has 0 aromatic heterocycles. The van der Waals surface area contributed by atoms with E-state index in [1.54, 1.807) is 0 Å². The van der Waals surface area contributed by atoms with E-state index in [-0.39, 0.29) is 36.4 Å². The van der Waals surface area contributed by atoms with Crippen LogP contribution in [-0.2, 0) is 19.0 Å². The first-order valence-corrected chi connectivity index (χ1v) is 7.78. The second-order valence-corrected chi connectivity index (χ2v) is 7.65. The maximum absolute atomic E-state index is 10.9. The smallest absolute Gasteiger partial charge is 0.302 e. The van der Waals surface area contributed by atoms with Crippen molar-refractivity contribution in [3.8, 4) is 0 Å². The molecule has 0 aromatic rings. The summed E-state index contributed by atoms with van der Waals surface area (Å²) in [7, 11) is 0. The second kappa shape index (κ2) is 7.36. The number of hydrogen-bond acceptors (Lipinski definition) is 5. The first-order valence-electron chi connectivity index (χ1n) is 6.65. The molecule has 122 valence electrons. The van der Waals surface area contributed by atoms with Gasteiger partial charge in [0, 0.05) is 12.8 Å². The van der Waals surface area contributed by atoms with Crippen LogP contribution in [0.25, 0.3) is 0 Å². The lowest BCUT2D eigenvalue weighted by molar-refractivity contribution is -0.228. The molecule has 8 heteroatoms. The Bertz CT molecular complexity index is 399. The molecule has 1 heterocycles. The lowest BCUT2D eigenvalue weighted by Gasteiger charge is -2.43. The van der Waals surface area contributed by atoms with E-state index in [0.717, 1.165) is 0 Å². The van der Waals surface area contributed by atoms with Crippen LogP contribution in [0.3, 0.4) is 0 Å². The standard InChI is InChI=1S/C13H20Cl3NO4/c1-6-7(2)10(5-19-9(4)18)20-11(8(6)3)21-12(17)13(14,15)16/h6-8,10-11,17H,5H2,1-4H3/t6-,7+,8?,10?,11-/m0/s1. The molecule has 0 radical (unpaired) electrons. The normalized spacial score (nSPS) is 33.4. The molecular formula is C13H20Cl3NO4. The molecule has 0 amide bonds. The van der Waals surface area contributed by atoms with Gasteiger partial charge >= 0.3 is 5.97 Å². The Balaban J connectivity index is 2.75. The Labute approximate surface area is 139 Å². The highest BCUT2D eigenvalue weighted by Crippen LogP contribution is 2.37. The zero-order valence-corrected chi connectivity index (χ0v) is 14.6. The van der Waals surface area contributed by atoms with Crippen LogP contribution in [0, 0.1) is 23.2 Å². The van der Waals surface area contributed by atoms with Crippen LogP contribution in [-0.4, -0.2) is 34.7 Å². The van der Waals surface area contributed by atoms with Crippen molar-refractivity contribution in [2.24, 2.45) is 17.8 Å². The summed E-state index contributed by atoms with van der Waals surface area (Å²) in [6.07, 6.45) is -1.05. The number of rotatable bonds is 3. The van der Waals surface area contributed by atoms with Gasteiger partial charge in [0.25, 0.3) is 3.79 Å². The van der Waals surface area contributed by atoms with Crippen LogP contribution in [0.15, 0.2) is 0 Å². The first-order chi connectivity index (χ1) is 9.54. The molecule has 21 heavy (non-hydrogen) atoms. The van der Waals surface area contributed by atoms with Crippen LogP contribution < -0.4 is 0 Å². The van der Waals surface area contributed by atoms with E-state index in [4.69, 9.17) is 54.4 Å².